The van der Waals surface area contributed by atoms with Crippen LogP contribution in [0.2, 0.25) is 0 Å². The van der Waals surface area contributed by atoms with Gasteiger partial charge in [0.1, 0.15) is 0 Å². The van der Waals surface area contributed by atoms with Crippen LogP contribution >= 0.6 is 0 Å². The van der Waals surface area contributed by atoms with E-state index in [9.17, 15) is 8.42 Å². The summed E-state index contributed by atoms with van der Waals surface area (Å²) in [5.74, 6) is 0.418. The molecule has 1 rings (SSSR count). The SMILES string of the molecule is CC(C)CS(=O)(=O)N1CC[C@@H](N)C1. The summed E-state index contributed by atoms with van der Waals surface area (Å²) in [5, 5.41) is 0. The van der Waals surface area contributed by atoms with Crippen LogP contribution in [0.15, 0.2) is 0 Å². The molecule has 2 N–H and O–H groups in total. The minimum absolute atomic E-state index is 0.0296. The molecule has 0 radical (unpaired) electrons. The predicted octanol–water partition coefficient (Wildman–Crippen LogP) is 0.00520. The topological polar surface area (TPSA) is 63.4 Å². The monoisotopic (exact) mass is 206 g/mol. The van der Waals surface area contributed by atoms with Gasteiger partial charge in [0.15, 0.2) is 0 Å². The molecule has 1 fully saturated rings. The highest BCUT2D eigenvalue weighted by Crippen LogP contribution is 2.14. The zero-order chi connectivity index (χ0) is 10.1. The van der Waals surface area contributed by atoms with Crippen LogP contribution in [0.25, 0.3) is 0 Å². The largest absolute Gasteiger partial charge is 0.326 e. The number of rotatable bonds is 3. The molecule has 0 aliphatic carbocycles. The van der Waals surface area contributed by atoms with Crippen molar-refractivity contribution in [2.24, 2.45) is 11.7 Å². The number of nitrogens with zero attached hydrogens (tertiary/aromatic N) is 1. The van der Waals surface area contributed by atoms with E-state index < -0.39 is 10.0 Å². The molecule has 1 aliphatic heterocycles. The fourth-order valence-electron chi connectivity index (χ4n) is 1.53. The summed E-state index contributed by atoms with van der Waals surface area (Å²) in [6.07, 6.45) is 0.789. The molecule has 0 spiro atoms. The Morgan fingerprint density at radius 1 is 1.54 bits per heavy atom. The molecular formula is C8H18N2O2S. The maximum atomic E-state index is 11.7. The molecule has 4 nitrogen and oxygen atoms in total. The summed E-state index contributed by atoms with van der Waals surface area (Å²) < 4.78 is 24.8. The third-order valence-corrected chi connectivity index (χ3v) is 4.33. The van der Waals surface area contributed by atoms with E-state index in [1.54, 1.807) is 0 Å². The molecule has 1 aliphatic rings. The summed E-state index contributed by atoms with van der Waals surface area (Å²) in [6, 6.07) is 0.0296. The second-order valence-corrected chi connectivity index (χ2v) is 6.09. The summed E-state index contributed by atoms with van der Waals surface area (Å²) in [4.78, 5) is 0. The van der Waals surface area contributed by atoms with Gasteiger partial charge in [0.25, 0.3) is 0 Å². The summed E-state index contributed by atoms with van der Waals surface area (Å²) in [5.41, 5.74) is 5.65. The summed E-state index contributed by atoms with van der Waals surface area (Å²) in [6.45, 7) is 4.91. The average molecular weight is 206 g/mol. The van der Waals surface area contributed by atoms with Gasteiger partial charge in [-0.05, 0) is 12.3 Å². The third-order valence-electron chi connectivity index (χ3n) is 2.12. The van der Waals surface area contributed by atoms with E-state index in [1.165, 1.54) is 4.31 Å². The van der Waals surface area contributed by atoms with Crippen molar-refractivity contribution in [2.45, 2.75) is 26.3 Å². The quantitative estimate of drug-likeness (QED) is 0.707. The highest BCUT2D eigenvalue weighted by atomic mass is 32.2. The zero-order valence-corrected chi connectivity index (χ0v) is 9.05. The molecule has 0 saturated carbocycles. The molecule has 1 heterocycles. The van der Waals surface area contributed by atoms with Gasteiger partial charge in [-0.1, -0.05) is 13.8 Å². The van der Waals surface area contributed by atoms with Crippen LogP contribution in [0.4, 0.5) is 0 Å². The summed E-state index contributed by atoms with van der Waals surface area (Å²) >= 11 is 0. The maximum absolute atomic E-state index is 11.7. The van der Waals surface area contributed by atoms with Crippen molar-refractivity contribution in [2.75, 3.05) is 18.8 Å². The highest BCUT2D eigenvalue weighted by molar-refractivity contribution is 7.89. The van der Waals surface area contributed by atoms with Gasteiger partial charge in [0, 0.05) is 19.1 Å². The second kappa shape index (κ2) is 3.94. The third kappa shape index (κ3) is 2.93. The number of sulfonamides is 1. The fourth-order valence-corrected chi connectivity index (χ4v) is 3.39. The number of hydrogen-bond donors (Lipinski definition) is 1. The van der Waals surface area contributed by atoms with Crippen LogP contribution in [0, 0.1) is 5.92 Å². The van der Waals surface area contributed by atoms with Crippen molar-refractivity contribution in [1.29, 1.82) is 0 Å². The van der Waals surface area contributed by atoms with Gasteiger partial charge in [-0.25, -0.2) is 12.7 Å². The number of hydrogen-bond acceptors (Lipinski definition) is 3. The second-order valence-electron chi connectivity index (χ2n) is 4.08. The Bertz CT molecular complexity index is 261. The van der Waals surface area contributed by atoms with E-state index in [0.29, 0.717) is 13.1 Å². The number of nitrogens with two attached hydrogens (primary N) is 1. The molecule has 5 heteroatoms. The lowest BCUT2D eigenvalue weighted by Gasteiger charge is -2.17. The molecule has 13 heavy (non-hydrogen) atoms. The lowest BCUT2D eigenvalue weighted by molar-refractivity contribution is 0.465. The van der Waals surface area contributed by atoms with Gasteiger partial charge in [-0.3, -0.25) is 0 Å². The van der Waals surface area contributed by atoms with Crippen LogP contribution in [0.5, 0.6) is 0 Å². The lowest BCUT2D eigenvalue weighted by atomic mass is 10.3. The van der Waals surface area contributed by atoms with E-state index in [0.717, 1.165) is 6.42 Å². The molecule has 0 amide bonds. The smallest absolute Gasteiger partial charge is 0.214 e. The van der Waals surface area contributed by atoms with E-state index >= 15 is 0 Å². The van der Waals surface area contributed by atoms with E-state index in [2.05, 4.69) is 0 Å². The molecule has 78 valence electrons. The first-order valence-corrected chi connectivity index (χ1v) is 6.26. The normalized spacial score (nSPS) is 25.7. The molecule has 1 saturated heterocycles. The van der Waals surface area contributed by atoms with Crippen LogP contribution in [0.1, 0.15) is 20.3 Å². The molecule has 0 aromatic heterocycles. The van der Waals surface area contributed by atoms with Crippen molar-refractivity contribution in [3.63, 3.8) is 0 Å². The fraction of sp³-hybridized carbons (Fsp3) is 1.00. The Morgan fingerprint density at radius 3 is 2.54 bits per heavy atom. The van der Waals surface area contributed by atoms with E-state index in [4.69, 9.17) is 5.73 Å². The predicted molar refractivity (Wildman–Crippen MR) is 52.8 cm³/mol. The van der Waals surface area contributed by atoms with Gasteiger partial charge < -0.3 is 5.73 Å². The van der Waals surface area contributed by atoms with Crippen LogP contribution < -0.4 is 5.73 Å². The Kier molecular flexibility index (Phi) is 3.32. The van der Waals surface area contributed by atoms with E-state index in [-0.39, 0.29) is 17.7 Å². The van der Waals surface area contributed by atoms with Gasteiger partial charge in [0.05, 0.1) is 5.75 Å². The molecule has 0 unspecified atom stereocenters. The average Bonchev–Trinajstić information content (AvgIpc) is 2.32. The Labute approximate surface area is 80.1 Å². The first-order valence-electron chi connectivity index (χ1n) is 4.65. The first-order chi connectivity index (χ1) is 5.92. The molecule has 0 bridgehead atoms. The van der Waals surface area contributed by atoms with Crippen LogP contribution in [-0.2, 0) is 10.0 Å². The van der Waals surface area contributed by atoms with Crippen molar-refractivity contribution in [3.8, 4) is 0 Å². The lowest BCUT2D eigenvalue weighted by Crippen LogP contribution is -2.34. The molecule has 1 atom stereocenters. The van der Waals surface area contributed by atoms with E-state index in [1.807, 2.05) is 13.8 Å². The zero-order valence-electron chi connectivity index (χ0n) is 8.23. The Morgan fingerprint density at radius 2 is 2.15 bits per heavy atom. The minimum atomic E-state index is -3.04. The van der Waals surface area contributed by atoms with Crippen molar-refractivity contribution in [3.05, 3.63) is 0 Å². The van der Waals surface area contributed by atoms with Crippen molar-refractivity contribution in [1.82, 2.24) is 4.31 Å². The molecule has 0 aromatic rings. The van der Waals surface area contributed by atoms with Crippen molar-refractivity contribution < 1.29 is 8.42 Å². The standard InChI is InChI=1S/C8H18N2O2S/c1-7(2)6-13(11,12)10-4-3-8(9)5-10/h7-8H,3-6,9H2,1-2H3/t8-/m1/s1. The van der Waals surface area contributed by atoms with Crippen LogP contribution in [0.3, 0.4) is 0 Å². The van der Waals surface area contributed by atoms with Crippen molar-refractivity contribution >= 4 is 10.0 Å². The highest BCUT2D eigenvalue weighted by Gasteiger charge is 2.29. The first kappa shape index (κ1) is 10.9. The maximum Gasteiger partial charge on any atom is 0.214 e. The van der Waals surface area contributed by atoms with Gasteiger partial charge in [0.2, 0.25) is 10.0 Å². The Hall–Kier alpha value is -0.130. The minimum Gasteiger partial charge on any atom is -0.326 e. The molecule has 0 aromatic carbocycles. The molecular weight excluding hydrogens is 188 g/mol. The van der Waals surface area contributed by atoms with Gasteiger partial charge >= 0.3 is 0 Å². The van der Waals surface area contributed by atoms with Gasteiger partial charge in [-0.15, -0.1) is 0 Å². The van der Waals surface area contributed by atoms with Crippen LogP contribution in [-0.4, -0.2) is 37.6 Å². The Balaban J connectivity index is 2.60. The van der Waals surface area contributed by atoms with Gasteiger partial charge in [-0.2, -0.15) is 0 Å². The summed E-state index contributed by atoms with van der Waals surface area (Å²) in [7, 11) is -3.04.